The molecule has 0 N–H and O–H groups in total. The van der Waals surface area contributed by atoms with Gasteiger partial charge in [-0.3, -0.25) is 0 Å². The number of allylic oxidation sites excluding steroid dienone is 2. The molecule has 0 atom stereocenters. The highest BCUT2D eigenvalue weighted by Crippen LogP contribution is 2.30. The molecule has 26 heavy (non-hydrogen) atoms. The van der Waals surface area contributed by atoms with Crippen molar-refractivity contribution in [2.24, 2.45) is 4.99 Å². The third-order valence-corrected chi connectivity index (χ3v) is 5.39. The Balaban J connectivity index is 1.84. The molecule has 122 valence electrons. The number of aromatic nitrogens is 1. The van der Waals surface area contributed by atoms with E-state index < -0.39 is 0 Å². The molecule has 1 aliphatic carbocycles. The first kappa shape index (κ1) is 13.9. The van der Waals surface area contributed by atoms with E-state index in [4.69, 9.17) is 4.99 Å². The lowest BCUT2D eigenvalue weighted by Gasteiger charge is -2.07. The lowest BCUT2D eigenvalue weighted by Crippen LogP contribution is -2.18. The second-order valence-corrected chi connectivity index (χ2v) is 6.85. The van der Waals surface area contributed by atoms with Crippen LogP contribution in [0.3, 0.4) is 0 Å². The third kappa shape index (κ3) is 1.79. The molecule has 0 saturated heterocycles. The van der Waals surface area contributed by atoms with E-state index in [9.17, 15) is 0 Å². The minimum Gasteiger partial charge on any atom is -0.310 e. The van der Waals surface area contributed by atoms with E-state index in [1.54, 1.807) is 0 Å². The predicted octanol–water partition coefficient (Wildman–Crippen LogP) is 4.07. The fraction of sp³-hybridized carbons (Fsp3) is 0.0417. The van der Waals surface area contributed by atoms with Gasteiger partial charge in [0.1, 0.15) is 0 Å². The van der Waals surface area contributed by atoms with Crippen LogP contribution in [0, 0.1) is 10.4 Å². The van der Waals surface area contributed by atoms with Crippen molar-refractivity contribution >= 4 is 22.7 Å². The molecule has 1 aliphatic heterocycles. The quantitative estimate of drug-likeness (QED) is 0.440. The Morgan fingerprint density at radius 1 is 0.846 bits per heavy atom. The van der Waals surface area contributed by atoms with Gasteiger partial charge < -0.3 is 4.57 Å². The molecule has 4 aromatic rings. The summed E-state index contributed by atoms with van der Waals surface area (Å²) >= 11 is 0. The standard InChI is InChI=1S/C24H16N2/c1-2-8-16(9-3-1)26-23-13-7-5-11-18(23)20-14-22-19(15-24(20)26)17-10-4-6-12-21(17)25-22/h1-10,12-15H,11H2. The Labute approximate surface area is 150 Å². The molecule has 2 nitrogen and oxygen atoms in total. The van der Waals surface area contributed by atoms with Gasteiger partial charge in [-0.1, -0.05) is 48.6 Å². The van der Waals surface area contributed by atoms with Gasteiger partial charge in [0.2, 0.25) is 0 Å². The van der Waals surface area contributed by atoms with Crippen LogP contribution in [-0.2, 0) is 6.42 Å². The second kappa shape index (κ2) is 5.06. The zero-order valence-electron chi connectivity index (χ0n) is 14.2. The molecule has 1 aromatic heterocycles. The average molecular weight is 332 g/mol. The van der Waals surface area contributed by atoms with Crippen molar-refractivity contribution in [1.29, 1.82) is 0 Å². The van der Waals surface area contributed by atoms with Crippen molar-refractivity contribution in [2.45, 2.75) is 6.42 Å². The highest BCUT2D eigenvalue weighted by atomic mass is 15.0. The minimum absolute atomic E-state index is 0.966. The van der Waals surface area contributed by atoms with Gasteiger partial charge >= 0.3 is 0 Å². The van der Waals surface area contributed by atoms with E-state index >= 15 is 0 Å². The number of rotatable bonds is 1. The van der Waals surface area contributed by atoms with Crippen molar-refractivity contribution in [3.63, 3.8) is 0 Å². The maximum atomic E-state index is 4.86. The fourth-order valence-corrected chi connectivity index (χ4v) is 4.23. The number of nitrogens with zero attached hydrogens (tertiary/aromatic N) is 2. The zero-order valence-corrected chi connectivity index (χ0v) is 14.2. The first-order chi connectivity index (χ1) is 12.9. The monoisotopic (exact) mass is 332 g/mol. The summed E-state index contributed by atoms with van der Waals surface area (Å²) in [4.78, 5) is 4.86. The Morgan fingerprint density at radius 3 is 2.62 bits per heavy atom. The van der Waals surface area contributed by atoms with Crippen LogP contribution in [-0.4, -0.2) is 4.57 Å². The van der Waals surface area contributed by atoms with Gasteiger partial charge in [0.05, 0.1) is 21.9 Å². The highest BCUT2D eigenvalue weighted by molar-refractivity contribution is 5.90. The second-order valence-electron chi connectivity index (χ2n) is 6.85. The maximum Gasteiger partial charge on any atom is 0.0723 e. The van der Waals surface area contributed by atoms with Crippen molar-refractivity contribution < 1.29 is 0 Å². The molecule has 0 spiro atoms. The SMILES string of the molecule is C1=CCc2c(n(-c3ccccc3)c3cc4c(cc23)N=c2ccccc2=4)=C1. The molecule has 0 radical (unpaired) electrons. The molecule has 2 heteroatoms. The molecular weight excluding hydrogens is 316 g/mol. The number of para-hydroxylation sites is 2. The van der Waals surface area contributed by atoms with Gasteiger partial charge in [-0.15, -0.1) is 0 Å². The molecule has 2 heterocycles. The molecule has 0 amide bonds. The molecular formula is C24H16N2. The Bertz CT molecular complexity index is 1440. The number of hydrogen-bond acceptors (Lipinski definition) is 1. The van der Waals surface area contributed by atoms with E-state index in [1.165, 1.54) is 37.9 Å². The molecule has 6 rings (SSSR count). The lowest BCUT2D eigenvalue weighted by molar-refractivity contribution is 1.05. The topological polar surface area (TPSA) is 17.3 Å². The maximum absolute atomic E-state index is 4.86. The lowest BCUT2D eigenvalue weighted by atomic mass is 10.0. The van der Waals surface area contributed by atoms with E-state index in [-0.39, 0.29) is 0 Å². The molecule has 0 unspecified atom stereocenters. The normalized spacial score (nSPS) is 13.7. The van der Waals surface area contributed by atoms with Crippen LogP contribution in [0.25, 0.3) is 22.7 Å². The van der Waals surface area contributed by atoms with Gasteiger partial charge in [0, 0.05) is 21.5 Å². The van der Waals surface area contributed by atoms with Gasteiger partial charge in [0.15, 0.2) is 0 Å². The average Bonchev–Trinajstić information content (AvgIpc) is 3.22. The van der Waals surface area contributed by atoms with Crippen LogP contribution in [0.1, 0.15) is 5.56 Å². The zero-order chi connectivity index (χ0) is 17.1. The Morgan fingerprint density at radius 2 is 1.69 bits per heavy atom. The van der Waals surface area contributed by atoms with Crippen LogP contribution in [0.2, 0.25) is 0 Å². The molecule has 0 bridgehead atoms. The minimum atomic E-state index is 0.966. The van der Waals surface area contributed by atoms with Gasteiger partial charge in [0.25, 0.3) is 0 Å². The summed E-state index contributed by atoms with van der Waals surface area (Å²) in [6, 6.07) is 23.6. The van der Waals surface area contributed by atoms with Gasteiger partial charge in [-0.05, 0) is 48.4 Å². The van der Waals surface area contributed by atoms with Crippen molar-refractivity contribution in [1.82, 2.24) is 4.57 Å². The molecule has 3 aromatic carbocycles. The Kier molecular flexibility index (Phi) is 2.69. The van der Waals surface area contributed by atoms with Crippen molar-refractivity contribution in [3.8, 4) is 5.69 Å². The van der Waals surface area contributed by atoms with Gasteiger partial charge in [-0.2, -0.15) is 0 Å². The third-order valence-electron chi connectivity index (χ3n) is 5.39. The van der Waals surface area contributed by atoms with E-state index in [1.807, 2.05) is 0 Å². The van der Waals surface area contributed by atoms with Crippen LogP contribution >= 0.6 is 0 Å². The van der Waals surface area contributed by atoms with Crippen molar-refractivity contribution in [3.05, 3.63) is 106 Å². The van der Waals surface area contributed by atoms with Crippen molar-refractivity contribution in [2.75, 3.05) is 0 Å². The summed E-state index contributed by atoms with van der Waals surface area (Å²) in [6.45, 7) is 0. The summed E-state index contributed by atoms with van der Waals surface area (Å²) in [5, 5.41) is 6.12. The first-order valence-electron chi connectivity index (χ1n) is 8.98. The summed E-state index contributed by atoms with van der Waals surface area (Å²) < 4.78 is 2.38. The van der Waals surface area contributed by atoms with Crippen LogP contribution in [0.4, 0.5) is 5.69 Å². The fourth-order valence-electron chi connectivity index (χ4n) is 4.23. The molecule has 0 saturated carbocycles. The summed E-state index contributed by atoms with van der Waals surface area (Å²) in [7, 11) is 0. The Hall–Kier alpha value is -3.39. The van der Waals surface area contributed by atoms with E-state index in [0.29, 0.717) is 0 Å². The summed E-state index contributed by atoms with van der Waals surface area (Å²) in [6.07, 6.45) is 7.58. The smallest absolute Gasteiger partial charge is 0.0723 e. The van der Waals surface area contributed by atoms with E-state index in [2.05, 4.69) is 89.5 Å². The largest absolute Gasteiger partial charge is 0.310 e. The highest BCUT2D eigenvalue weighted by Gasteiger charge is 2.16. The van der Waals surface area contributed by atoms with Gasteiger partial charge in [-0.25, -0.2) is 4.99 Å². The number of fused-ring (bicyclic) bond motifs is 5. The summed E-state index contributed by atoms with van der Waals surface area (Å²) in [5.74, 6) is 0. The van der Waals surface area contributed by atoms with Crippen LogP contribution in [0.15, 0.2) is 83.9 Å². The first-order valence-corrected chi connectivity index (χ1v) is 8.98. The number of benzene rings is 3. The van der Waals surface area contributed by atoms with E-state index in [0.717, 1.165) is 17.5 Å². The van der Waals surface area contributed by atoms with Crippen LogP contribution < -0.4 is 10.7 Å². The summed E-state index contributed by atoms with van der Waals surface area (Å²) in [5.41, 5.74) is 4.93. The number of hydrogen-bond donors (Lipinski definition) is 0. The molecule has 2 aliphatic rings. The predicted molar refractivity (Wildman–Crippen MR) is 105 cm³/mol. The van der Waals surface area contributed by atoms with Crippen LogP contribution in [0.5, 0.6) is 0 Å². The molecule has 0 fully saturated rings.